The molecule has 24 heavy (non-hydrogen) atoms. The number of carbonyl (C=O) groups excluding carboxylic acids is 1. The number of H-pyrrole nitrogens is 1. The number of aromatic nitrogens is 3. The third-order valence-corrected chi connectivity index (χ3v) is 6.22. The quantitative estimate of drug-likeness (QED) is 0.875. The zero-order valence-electron chi connectivity index (χ0n) is 14.7. The molecule has 1 amide bonds. The first-order chi connectivity index (χ1) is 11.4. The highest BCUT2D eigenvalue weighted by atomic mass is 16.2. The highest BCUT2D eigenvalue weighted by molar-refractivity contribution is 5.87. The topological polar surface area (TPSA) is 61.9 Å². The lowest BCUT2D eigenvalue weighted by Crippen LogP contribution is -2.62. The summed E-state index contributed by atoms with van der Waals surface area (Å²) >= 11 is 0. The first-order valence-corrected chi connectivity index (χ1v) is 8.81. The van der Waals surface area contributed by atoms with Gasteiger partial charge < -0.3 is 9.88 Å². The number of quaternary nitrogens is 1. The van der Waals surface area contributed by atoms with Gasteiger partial charge in [-0.25, -0.2) is 14.8 Å². The zero-order valence-corrected chi connectivity index (χ0v) is 14.7. The van der Waals surface area contributed by atoms with Crippen molar-refractivity contribution in [3.8, 4) is 0 Å². The Morgan fingerprint density at radius 1 is 1.42 bits per heavy atom. The third-order valence-electron chi connectivity index (χ3n) is 6.22. The molecule has 1 unspecified atom stereocenters. The summed E-state index contributed by atoms with van der Waals surface area (Å²) in [6.07, 6.45) is 7.69. The van der Waals surface area contributed by atoms with Crippen LogP contribution in [0.15, 0.2) is 18.6 Å². The maximum atomic E-state index is 12.8. The van der Waals surface area contributed by atoms with Crippen LogP contribution in [0.25, 0.3) is 11.0 Å². The number of hydrogen-bond acceptors (Lipinski definition) is 4. The number of likely N-dealkylation sites (N-methyl/N-ethyl adjacent to an activating group) is 1. The Bertz CT molecular complexity index is 779. The minimum Gasteiger partial charge on any atom is -0.349 e. The molecule has 6 nitrogen and oxygen atoms in total. The lowest BCUT2D eigenvalue weighted by Gasteiger charge is -2.42. The largest absolute Gasteiger partial charge is 0.349 e. The fourth-order valence-corrected chi connectivity index (χ4v) is 3.79. The number of aromatic amines is 1. The minimum atomic E-state index is -0.0838. The molecule has 1 saturated carbocycles. The molecule has 1 aliphatic carbocycles. The van der Waals surface area contributed by atoms with Crippen molar-refractivity contribution in [3.63, 3.8) is 0 Å². The van der Waals surface area contributed by atoms with Crippen LogP contribution in [-0.4, -0.2) is 58.1 Å². The SMILES string of the molecule is CC1([N+](C)(C)C(=O)CC2CC2)CCN(c2ncnc3[nH]ccc23)C1. The van der Waals surface area contributed by atoms with Gasteiger partial charge in [0.2, 0.25) is 0 Å². The van der Waals surface area contributed by atoms with Crippen LogP contribution in [0, 0.1) is 5.92 Å². The summed E-state index contributed by atoms with van der Waals surface area (Å²) in [7, 11) is 4.17. The van der Waals surface area contributed by atoms with Gasteiger partial charge >= 0.3 is 5.91 Å². The van der Waals surface area contributed by atoms with Gasteiger partial charge in [-0.15, -0.1) is 0 Å². The summed E-state index contributed by atoms with van der Waals surface area (Å²) in [6, 6.07) is 2.03. The third kappa shape index (κ3) is 2.40. The maximum Gasteiger partial charge on any atom is 0.314 e. The molecule has 1 N–H and O–H groups in total. The molecular formula is C18H26N5O+. The van der Waals surface area contributed by atoms with Gasteiger partial charge in [-0.3, -0.25) is 4.48 Å². The average Bonchev–Trinajstić information content (AvgIpc) is 3.08. The summed E-state index contributed by atoms with van der Waals surface area (Å²) in [6.45, 7) is 4.01. The second-order valence-electron chi connectivity index (χ2n) is 8.10. The van der Waals surface area contributed by atoms with E-state index in [4.69, 9.17) is 0 Å². The van der Waals surface area contributed by atoms with Crippen LogP contribution in [-0.2, 0) is 4.79 Å². The Morgan fingerprint density at radius 3 is 2.96 bits per heavy atom. The normalized spacial score (nSPS) is 24.7. The number of fused-ring (bicyclic) bond motifs is 1. The van der Waals surface area contributed by atoms with Crippen molar-refractivity contribution >= 4 is 22.8 Å². The van der Waals surface area contributed by atoms with Crippen LogP contribution in [0.1, 0.15) is 32.6 Å². The molecule has 3 heterocycles. The van der Waals surface area contributed by atoms with Crippen LogP contribution in [0.5, 0.6) is 0 Å². The molecule has 2 aromatic heterocycles. The number of carbonyl (C=O) groups is 1. The van der Waals surface area contributed by atoms with Gasteiger partial charge in [0.25, 0.3) is 0 Å². The van der Waals surface area contributed by atoms with Crippen molar-refractivity contribution < 1.29 is 9.28 Å². The van der Waals surface area contributed by atoms with Crippen LogP contribution < -0.4 is 4.90 Å². The van der Waals surface area contributed by atoms with Crippen molar-refractivity contribution in [2.45, 2.75) is 38.1 Å². The molecule has 0 aromatic carbocycles. The first-order valence-electron chi connectivity index (χ1n) is 8.81. The lowest BCUT2D eigenvalue weighted by atomic mass is 9.95. The average molecular weight is 328 g/mol. The Labute approximate surface area is 142 Å². The summed E-state index contributed by atoms with van der Waals surface area (Å²) in [5, 5.41) is 1.05. The molecule has 0 bridgehead atoms. The highest BCUT2D eigenvalue weighted by Gasteiger charge is 2.51. The smallest absolute Gasteiger partial charge is 0.314 e. The van der Waals surface area contributed by atoms with Gasteiger partial charge in [-0.05, 0) is 31.7 Å². The Kier molecular flexibility index (Phi) is 3.42. The first kappa shape index (κ1) is 15.6. The molecule has 0 spiro atoms. The van der Waals surface area contributed by atoms with E-state index in [0.29, 0.717) is 16.3 Å². The van der Waals surface area contributed by atoms with Crippen molar-refractivity contribution in [2.24, 2.45) is 5.92 Å². The van der Waals surface area contributed by atoms with Crippen molar-refractivity contribution in [1.29, 1.82) is 0 Å². The molecule has 2 fully saturated rings. The van der Waals surface area contributed by atoms with E-state index in [1.165, 1.54) is 12.8 Å². The second-order valence-corrected chi connectivity index (χ2v) is 8.10. The van der Waals surface area contributed by atoms with E-state index in [1.54, 1.807) is 6.33 Å². The standard InChI is InChI=1S/C18H26N5O/c1-18(23(2,3)15(24)10-13-4-5-13)7-9-22(11-18)17-14-6-8-19-16(14)20-12-21-17/h6,8,12-13H,4-5,7,9-11H2,1-3H3,(H,19,20,21)/q+1. The summed E-state index contributed by atoms with van der Waals surface area (Å²) in [5.74, 6) is 1.98. The van der Waals surface area contributed by atoms with Gasteiger partial charge in [0.05, 0.1) is 32.4 Å². The van der Waals surface area contributed by atoms with Gasteiger partial charge in [0, 0.05) is 19.2 Å². The van der Waals surface area contributed by atoms with Crippen LogP contribution in [0.4, 0.5) is 5.82 Å². The highest BCUT2D eigenvalue weighted by Crippen LogP contribution is 2.39. The molecule has 1 aliphatic heterocycles. The van der Waals surface area contributed by atoms with E-state index < -0.39 is 0 Å². The number of hydrogen-bond donors (Lipinski definition) is 1. The Balaban J connectivity index is 1.58. The monoisotopic (exact) mass is 328 g/mol. The zero-order chi connectivity index (χ0) is 16.9. The predicted octanol–water partition coefficient (Wildman–Crippen LogP) is 2.33. The van der Waals surface area contributed by atoms with Crippen LogP contribution >= 0.6 is 0 Å². The van der Waals surface area contributed by atoms with E-state index in [9.17, 15) is 4.79 Å². The predicted molar refractivity (Wildman–Crippen MR) is 93.6 cm³/mol. The van der Waals surface area contributed by atoms with Gasteiger partial charge in [0.15, 0.2) is 0 Å². The molecule has 1 atom stereocenters. The van der Waals surface area contributed by atoms with E-state index >= 15 is 0 Å². The van der Waals surface area contributed by atoms with Crippen molar-refractivity contribution in [1.82, 2.24) is 15.0 Å². The fraction of sp³-hybridized carbons (Fsp3) is 0.611. The molecule has 128 valence electrons. The second kappa shape index (κ2) is 5.28. The van der Waals surface area contributed by atoms with Crippen LogP contribution in [0.2, 0.25) is 0 Å². The van der Waals surface area contributed by atoms with Gasteiger partial charge in [0.1, 0.15) is 23.3 Å². The molecule has 0 radical (unpaired) electrons. The van der Waals surface area contributed by atoms with E-state index in [2.05, 4.69) is 40.9 Å². The van der Waals surface area contributed by atoms with Gasteiger partial charge in [-0.2, -0.15) is 0 Å². The summed E-state index contributed by atoms with van der Waals surface area (Å²) in [4.78, 5) is 27.1. The number of anilines is 1. The van der Waals surface area contributed by atoms with Gasteiger partial charge in [-0.1, -0.05) is 0 Å². The minimum absolute atomic E-state index is 0.0838. The Hall–Kier alpha value is -1.95. The fourth-order valence-electron chi connectivity index (χ4n) is 3.79. The summed E-state index contributed by atoms with van der Waals surface area (Å²) < 4.78 is 0.460. The van der Waals surface area contributed by atoms with Crippen molar-refractivity contribution in [3.05, 3.63) is 18.6 Å². The molecule has 1 saturated heterocycles. The van der Waals surface area contributed by atoms with E-state index in [1.807, 2.05) is 12.3 Å². The van der Waals surface area contributed by atoms with E-state index in [-0.39, 0.29) is 5.54 Å². The molecule has 2 aromatic rings. The van der Waals surface area contributed by atoms with E-state index in [0.717, 1.165) is 42.8 Å². The summed E-state index contributed by atoms with van der Waals surface area (Å²) in [5.41, 5.74) is 0.784. The number of nitrogens with one attached hydrogen (secondary N) is 1. The van der Waals surface area contributed by atoms with Crippen molar-refractivity contribution in [2.75, 3.05) is 32.1 Å². The Morgan fingerprint density at radius 2 is 2.21 bits per heavy atom. The lowest BCUT2D eigenvalue weighted by molar-refractivity contribution is -0.865. The molecular weight excluding hydrogens is 302 g/mol. The number of amides is 1. The molecule has 6 heteroatoms. The number of nitrogens with zero attached hydrogens (tertiary/aromatic N) is 4. The van der Waals surface area contributed by atoms with Crippen LogP contribution in [0.3, 0.4) is 0 Å². The number of rotatable bonds is 4. The maximum absolute atomic E-state index is 12.8. The molecule has 2 aliphatic rings. The molecule has 4 rings (SSSR count).